The van der Waals surface area contributed by atoms with Crippen molar-refractivity contribution in [3.63, 3.8) is 0 Å². The van der Waals surface area contributed by atoms with Crippen molar-refractivity contribution in [3.05, 3.63) is 47.6 Å². The molecule has 0 aliphatic carbocycles. The third kappa shape index (κ3) is 2.87. The van der Waals surface area contributed by atoms with E-state index in [2.05, 4.69) is 23.0 Å². The number of pyridine rings is 1. The zero-order valence-corrected chi connectivity index (χ0v) is 11.1. The molecule has 2 rings (SSSR count). The molecule has 1 aliphatic rings. The third-order valence-electron chi connectivity index (χ3n) is 2.63. The lowest BCUT2D eigenvalue weighted by Crippen LogP contribution is -2.10. The van der Waals surface area contributed by atoms with Crippen LogP contribution in [0, 0.1) is 6.92 Å². The molecule has 0 fully saturated rings. The molecule has 0 spiro atoms. The van der Waals surface area contributed by atoms with E-state index >= 15 is 0 Å². The number of aromatic nitrogens is 1. The summed E-state index contributed by atoms with van der Waals surface area (Å²) in [5, 5.41) is 0. The Morgan fingerprint density at radius 3 is 2.71 bits per heavy atom. The topological polar surface area (TPSA) is 42.1 Å². The largest absolute Gasteiger partial charge is 0.405 e. The van der Waals surface area contributed by atoms with Gasteiger partial charge in [0.2, 0.25) is 0 Å². The highest BCUT2D eigenvalue weighted by molar-refractivity contribution is 5.62. The van der Waals surface area contributed by atoms with Gasteiger partial charge in [-0.15, -0.1) is 0 Å². The molecule has 3 nitrogen and oxygen atoms in total. The third-order valence-corrected chi connectivity index (χ3v) is 2.63. The maximum atomic E-state index is 5.32. The first kappa shape index (κ1) is 13.3. The first-order chi connectivity index (χ1) is 8.22. The maximum Gasteiger partial charge on any atom is 0.0701 e. The molecule has 0 atom stereocenters. The monoisotopic (exact) mass is 231 g/mol. The van der Waals surface area contributed by atoms with E-state index in [1.165, 1.54) is 11.4 Å². The van der Waals surface area contributed by atoms with Gasteiger partial charge < -0.3 is 10.6 Å². The van der Waals surface area contributed by atoms with Crippen molar-refractivity contribution in [2.75, 3.05) is 11.9 Å². The number of allylic oxidation sites excluding steroid dienone is 3. The molecule has 17 heavy (non-hydrogen) atoms. The Morgan fingerprint density at radius 2 is 2.06 bits per heavy atom. The molecule has 0 unspecified atom stereocenters. The van der Waals surface area contributed by atoms with Crippen LogP contribution < -0.4 is 10.6 Å². The number of nitrogens with zero attached hydrogens (tertiary/aromatic N) is 2. The Bertz CT molecular complexity index is 433. The van der Waals surface area contributed by atoms with Crippen LogP contribution in [0.1, 0.15) is 25.2 Å². The highest BCUT2D eigenvalue weighted by Crippen LogP contribution is 2.31. The minimum atomic E-state index is 0.887. The lowest BCUT2D eigenvalue weighted by atomic mass is 10.2. The predicted molar refractivity (Wildman–Crippen MR) is 73.8 cm³/mol. The van der Waals surface area contributed by atoms with Crippen molar-refractivity contribution in [1.29, 1.82) is 0 Å². The summed E-state index contributed by atoms with van der Waals surface area (Å²) < 4.78 is 0. The highest BCUT2D eigenvalue weighted by Gasteiger charge is 2.21. The van der Waals surface area contributed by atoms with Gasteiger partial charge in [-0.3, -0.25) is 4.98 Å². The molecular weight excluding hydrogens is 210 g/mol. The molecule has 1 aromatic heterocycles. The van der Waals surface area contributed by atoms with E-state index in [0.29, 0.717) is 0 Å². The molecule has 92 valence electrons. The molecule has 1 aliphatic heterocycles. The van der Waals surface area contributed by atoms with E-state index in [1.54, 1.807) is 6.20 Å². The van der Waals surface area contributed by atoms with Crippen molar-refractivity contribution >= 4 is 5.69 Å². The van der Waals surface area contributed by atoms with Crippen molar-refractivity contribution in [2.24, 2.45) is 5.73 Å². The number of rotatable bonds is 1. The van der Waals surface area contributed by atoms with E-state index in [4.69, 9.17) is 5.73 Å². The van der Waals surface area contributed by atoms with Gasteiger partial charge in [0.05, 0.1) is 11.4 Å². The lowest BCUT2D eigenvalue weighted by Gasteiger charge is -2.13. The van der Waals surface area contributed by atoms with Gasteiger partial charge in [0.1, 0.15) is 0 Å². The molecule has 0 amide bonds. The fourth-order valence-corrected chi connectivity index (χ4v) is 1.82. The van der Waals surface area contributed by atoms with Gasteiger partial charge in [-0.25, -0.2) is 0 Å². The Kier molecular flexibility index (Phi) is 4.76. The molecule has 0 radical (unpaired) electrons. The Labute approximate surface area is 104 Å². The normalized spacial score (nSPS) is 16.0. The molecule has 0 saturated carbocycles. The van der Waals surface area contributed by atoms with E-state index in [9.17, 15) is 0 Å². The quantitative estimate of drug-likeness (QED) is 0.808. The summed E-state index contributed by atoms with van der Waals surface area (Å²) in [5.41, 5.74) is 9.96. The summed E-state index contributed by atoms with van der Waals surface area (Å²) in [6.45, 7) is 6.02. The fourth-order valence-electron chi connectivity index (χ4n) is 1.82. The van der Waals surface area contributed by atoms with E-state index in [-0.39, 0.29) is 0 Å². The molecule has 1 aromatic rings. The van der Waals surface area contributed by atoms with Crippen LogP contribution in [-0.2, 0) is 6.42 Å². The minimum absolute atomic E-state index is 0.887. The average Bonchev–Trinajstić information content (AvgIpc) is 2.65. The summed E-state index contributed by atoms with van der Waals surface area (Å²) in [5.74, 6) is 0. The Hall–Kier alpha value is -1.77. The van der Waals surface area contributed by atoms with Crippen LogP contribution in [0.15, 0.2) is 36.2 Å². The van der Waals surface area contributed by atoms with E-state index in [0.717, 1.165) is 17.8 Å². The second kappa shape index (κ2) is 6.09. The SMILES string of the molecule is CC.Cc1ccc2c(n1)C/C(=C\C=C/N)N2C. The first-order valence-electron chi connectivity index (χ1n) is 6.00. The number of likely N-dealkylation sites (N-methyl/N-ethyl adjacent to an activating group) is 1. The van der Waals surface area contributed by atoms with Gasteiger partial charge in [-0.05, 0) is 37.4 Å². The zero-order chi connectivity index (χ0) is 12.8. The van der Waals surface area contributed by atoms with E-state index < -0.39 is 0 Å². The molecule has 2 N–H and O–H groups in total. The van der Waals surface area contributed by atoms with Gasteiger partial charge in [0.15, 0.2) is 0 Å². The van der Waals surface area contributed by atoms with Gasteiger partial charge in [-0.2, -0.15) is 0 Å². The molecular formula is C14H21N3. The number of aryl methyl sites for hydroxylation is 1. The van der Waals surface area contributed by atoms with Gasteiger partial charge in [0.25, 0.3) is 0 Å². The number of hydrogen-bond acceptors (Lipinski definition) is 3. The molecule has 0 bridgehead atoms. The number of nitrogens with two attached hydrogens (primary N) is 1. The summed E-state index contributed by atoms with van der Waals surface area (Å²) in [6, 6.07) is 4.15. The molecule has 0 aromatic carbocycles. The minimum Gasteiger partial charge on any atom is -0.405 e. The van der Waals surface area contributed by atoms with Crippen molar-refractivity contribution < 1.29 is 0 Å². The van der Waals surface area contributed by atoms with Crippen molar-refractivity contribution in [2.45, 2.75) is 27.2 Å². The summed E-state index contributed by atoms with van der Waals surface area (Å²) in [4.78, 5) is 6.68. The van der Waals surface area contributed by atoms with Crippen LogP contribution in [0.3, 0.4) is 0 Å². The summed E-state index contributed by atoms with van der Waals surface area (Å²) in [7, 11) is 2.05. The first-order valence-corrected chi connectivity index (χ1v) is 6.00. The number of anilines is 1. The Morgan fingerprint density at radius 1 is 1.35 bits per heavy atom. The van der Waals surface area contributed by atoms with Gasteiger partial charge >= 0.3 is 0 Å². The van der Waals surface area contributed by atoms with Crippen LogP contribution in [0.4, 0.5) is 5.69 Å². The van der Waals surface area contributed by atoms with Crippen molar-refractivity contribution in [3.8, 4) is 0 Å². The highest BCUT2D eigenvalue weighted by atomic mass is 15.1. The van der Waals surface area contributed by atoms with Gasteiger partial charge in [-0.1, -0.05) is 13.8 Å². The Balaban J connectivity index is 0.000000686. The molecule has 3 heteroatoms. The summed E-state index contributed by atoms with van der Waals surface area (Å²) >= 11 is 0. The van der Waals surface area contributed by atoms with Crippen LogP contribution in [0.2, 0.25) is 0 Å². The number of hydrogen-bond donors (Lipinski definition) is 1. The van der Waals surface area contributed by atoms with Crippen molar-refractivity contribution in [1.82, 2.24) is 4.98 Å². The standard InChI is InChI=1S/C12H15N3.C2H6/c1-9-5-6-12-11(14-9)8-10(15(12)2)4-3-7-13;1-2/h3-7H,8,13H2,1-2H3;1-2H3/b7-3-,10-4+;. The van der Waals surface area contributed by atoms with Crippen LogP contribution in [0.25, 0.3) is 0 Å². The summed E-state index contributed by atoms with van der Waals surface area (Å²) in [6.07, 6.45) is 6.31. The second-order valence-electron chi connectivity index (χ2n) is 3.70. The van der Waals surface area contributed by atoms with Gasteiger partial charge in [0, 0.05) is 24.9 Å². The number of fused-ring (bicyclic) bond motifs is 1. The molecule has 0 saturated heterocycles. The average molecular weight is 231 g/mol. The second-order valence-corrected chi connectivity index (χ2v) is 3.70. The van der Waals surface area contributed by atoms with Crippen LogP contribution >= 0.6 is 0 Å². The fraction of sp³-hybridized carbons (Fsp3) is 0.357. The smallest absolute Gasteiger partial charge is 0.0701 e. The maximum absolute atomic E-state index is 5.32. The van der Waals surface area contributed by atoms with E-state index in [1.807, 2.05) is 39.0 Å². The molecule has 2 heterocycles. The van der Waals surface area contributed by atoms with Crippen LogP contribution in [0.5, 0.6) is 0 Å². The zero-order valence-electron chi connectivity index (χ0n) is 11.1. The van der Waals surface area contributed by atoms with Crippen LogP contribution in [-0.4, -0.2) is 12.0 Å². The lowest BCUT2D eigenvalue weighted by molar-refractivity contribution is 1.06. The predicted octanol–water partition coefficient (Wildman–Crippen LogP) is 2.76.